The van der Waals surface area contributed by atoms with Gasteiger partial charge in [-0.2, -0.15) is 0 Å². The molecule has 0 fully saturated rings. The number of nitrogens with one attached hydrogen (secondary N) is 1. The Morgan fingerprint density at radius 1 is 1.56 bits per heavy atom. The lowest BCUT2D eigenvalue weighted by Crippen LogP contribution is -2.11. The molecule has 2 heterocycles. The highest BCUT2D eigenvalue weighted by atomic mass is 32.1. The molecule has 0 saturated heterocycles. The molecular formula is C12H17N3S. The molecule has 2 aromatic rings. The number of nitrogens with two attached hydrogens (primary N) is 1. The maximum absolute atomic E-state index is 6.05. The minimum absolute atomic E-state index is 0.0254. The predicted molar refractivity (Wildman–Crippen MR) is 68.5 cm³/mol. The first-order valence-corrected chi connectivity index (χ1v) is 6.46. The number of hydrogen-bond acceptors (Lipinski definition) is 3. The summed E-state index contributed by atoms with van der Waals surface area (Å²) in [7, 11) is 0. The van der Waals surface area contributed by atoms with Crippen LogP contribution in [-0.2, 0) is 0 Å². The summed E-state index contributed by atoms with van der Waals surface area (Å²) in [6.07, 6.45) is 2.05. The highest BCUT2D eigenvalue weighted by Gasteiger charge is 2.14. The average Bonchev–Trinajstić information content (AvgIpc) is 2.86. The molecule has 0 bridgehead atoms. The summed E-state index contributed by atoms with van der Waals surface area (Å²) in [5.41, 5.74) is 8.19. The summed E-state index contributed by atoms with van der Waals surface area (Å²) in [6, 6.07) is 4.15. The van der Waals surface area contributed by atoms with Gasteiger partial charge in [-0.1, -0.05) is 19.4 Å². The van der Waals surface area contributed by atoms with Gasteiger partial charge in [0.1, 0.15) is 11.5 Å². The molecule has 1 atom stereocenters. The lowest BCUT2D eigenvalue weighted by molar-refractivity contribution is 0.608. The van der Waals surface area contributed by atoms with Gasteiger partial charge >= 0.3 is 0 Å². The first-order valence-electron chi connectivity index (χ1n) is 5.58. The van der Waals surface area contributed by atoms with Crippen molar-refractivity contribution in [3.63, 3.8) is 0 Å². The highest BCUT2D eigenvalue weighted by molar-refractivity contribution is 7.13. The second kappa shape index (κ2) is 4.80. The van der Waals surface area contributed by atoms with Gasteiger partial charge in [0.25, 0.3) is 0 Å². The fraction of sp³-hybridized carbons (Fsp3) is 0.417. The van der Waals surface area contributed by atoms with Crippen LogP contribution in [0.1, 0.15) is 37.3 Å². The molecule has 2 rings (SSSR count). The quantitative estimate of drug-likeness (QED) is 0.854. The maximum atomic E-state index is 6.05. The average molecular weight is 235 g/mol. The zero-order valence-corrected chi connectivity index (χ0v) is 10.5. The minimum atomic E-state index is 0.0254. The van der Waals surface area contributed by atoms with E-state index in [0.29, 0.717) is 0 Å². The Morgan fingerprint density at radius 3 is 3.00 bits per heavy atom. The Balaban J connectivity index is 2.29. The SMILES string of the molecule is CCCC(N)c1nc(-c2cccs2)c(C)[nH]1. The summed E-state index contributed by atoms with van der Waals surface area (Å²) < 4.78 is 0. The monoisotopic (exact) mass is 235 g/mol. The number of aromatic nitrogens is 2. The van der Waals surface area contributed by atoms with E-state index in [0.717, 1.165) is 30.1 Å². The van der Waals surface area contributed by atoms with E-state index in [9.17, 15) is 0 Å². The van der Waals surface area contributed by atoms with Gasteiger partial charge in [-0.3, -0.25) is 0 Å². The molecule has 0 amide bonds. The maximum Gasteiger partial charge on any atom is 0.124 e. The standard InChI is InChI=1S/C12H17N3S/c1-3-5-9(13)12-14-8(2)11(15-12)10-6-4-7-16-10/h4,6-7,9H,3,5,13H2,1-2H3,(H,14,15). The van der Waals surface area contributed by atoms with Crippen molar-refractivity contribution < 1.29 is 0 Å². The molecule has 0 aliphatic rings. The van der Waals surface area contributed by atoms with Gasteiger partial charge in [0, 0.05) is 5.69 Å². The molecule has 0 saturated carbocycles. The Labute approximate surface area is 99.7 Å². The molecule has 3 N–H and O–H groups in total. The second-order valence-corrected chi connectivity index (χ2v) is 4.92. The number of rotatable bonds is 4. The Hall–Kier alpha value is -1.13. The van der Waals surface area contributed by atoms with Gasteiger partial charge in [-0.05, 0) is 24.8 Å². The third kappa shape index (κ3) is 2.18. The molecule has 0 radical (unpaired) electrons. The van der Waals surface area contributed by atoms with E-state index in [4.69, 9.17) is 5.73 Å². The molecule has 2 aromatic heterocycles. The van der Waals surface area contributed by atoms with Crippen LogP contribution in [0.3, 0.4) is 0 Å². The van der Waals surface area contributed by atoms with Crippen molar-refractivity contribution in [2.24, 2.45) is 5.73 Å². The van der Waals surface area contributed by atoms with E-state index in [1.807, 2.05) is 13.0 Å². The first kappa shape index (κ1) is 11.4. The molecule has 3 nitrogen and oxygen atoms in total. The fourth-order valence-electron chi connectivity index (χ4n) is 1.76. The molecule has 16 heavy (non-hydrogen) atoms. The number of aromatic amines is 1. The third-order valence-electron chi connectivity index (χ3n) is 2.61. The van der Waals surface area contributed by atoms with Crippen LogP contribution in [0.25, 0.3) is 10.6 Å². The zero-order valence-electron chi connectivity index (χ0n) is 9.66. The topological polar surface area (TPSA) is 54.7 Å². The number of nitrogens with zero attached hydrogens (tertiary/aromatic N) is 1. The van der Waals surface area contributed by atoms with Crippen LogP contribution < -0.4 is 5.73 Å². The van der Waals surface area contributed by atoms with Crippen LogP contribution in [0.4, 0.5) is 0 Å². The van der Waals surface area contributed by atoms with Crippen LogP contribution in [-0.4, -0.2) is 9.97 Å². The van der Waals surface area contributed by atoms with Crippen LogP contribution in [0, 0.1) is 6.92 Å². The molecule has 0 spiro atoms. The first-order chi connectivity index (χ1) is 7.72. The van der Waals surface area contributed by atoms with E-state index in [1.165, 1.54) is 4.88 Å². The van der Waals surface area contributed by atoms with E-state index in [1.54, 1.807) is 11.3 Å². The second-order valence-electron chi connectivity index (χ2n) is 3.97. The molecule has 86 valence electrons. The zero-order chi connectivity index (χ0) is 11.5. The lowest BCUT2D eigenvalue weighted by atomic mass is 10.2. The van der Waals surface area contributed by atoms with Crippen molar-refractivity contribution in [2.75, 3.05) is 0 Å². The summed E-state index contributed by atoms with van der Waals surface area (Å²) in [6.45, 7) is 4.18. The lowest BCUT2D eigenvalue weighted by Gasteiger charge is -2.05. The van der Waals surface area contributed by atoms with Gasteiger partial charge in [0.05, 0.1) is 10.9 Å². The van der Waals surface area contributed by atoms with Gasteiger partial charge in [0.2, 0.25) is 0 Å². The predicted octanol–water partition coefficient (Wildman–Crippen LogP) is 3.25. The summed E-state index contributed by atoms with van der Waals surface area (Å²) in [4.78, 5) is 9.09. The number of aryl methyl sites for hydroxylation is 1. The smallest absolute Gasteiger partial charge is 0.124 e. The third-order valence-corrected chi connectivity index (χ3v) is 3.49. The van der Waals surface area contributed by atoms with Crippen molar-refractivity contribution >= 4 is 11.3 Å². The molecule has 0 aliphatic carbocycles. The number of H-pyrrole nitrogens is 1. The van der Waals surface area contributed by atoms with E-state index < -0.39 is 0 Å². The van der Waals surface area contributed by atoms with Crippen molar-refractivity contribution in [2.45, 2.75) is 32.7 Å². The Bertz CT molecular complexity index is 445. The van der Waals surface area contributed by atoms with Gasteiger partial charge in [-0.25, -0.2) is 4.98 Å². The van der Waals surface area contributed by atoms with Crippen LogP contribution in [0.15, 0.2) is 17.5 Å². The van der Waals surface area contributed by atoms with E-state index in [-0.39, 0.29) is 6.04 Å². The summed E-state index contributed by atoms with van der Waals surface area (Å²) >= 11 is 1.71. The van der Waals surface area contributed by atoms with Crippen molar-refractivity contribution in [3.8, 4) is 10.6 Å². The minimum Gasteiger partial charge on any atom is -0.344 e. The largest absolute Gasteiger partial charge is 0.344 e. The van der Waals surface area contributed by atoms with Crippen LogP contribution >= 0.6 is 11.3 Å². The molecular weight excluding hydrogens is 218 g/mol. The summed E-state index contributed by atoms with van der Waals surface area (Å²) in [5, 5.41) is 2.06. The normalized spacial score (nSPS) is 12.9. The number of thiophene rings is 1. The molecule has 0 aliphatic heterocycles. The van der Waals surface area contributed by atoms with Crippen molar-refractivity contribution in [1.29, 1.82) is 0 Å². The molecule has 0 aromatic carbocycles. The Kier molecular flexibility index (Phi) is 3.41. The van der Waals surface area contributed by atoms with Crippen molar-refractivity contribution in [1.82, 2.24) is 9.97 Å². The fourth-order valence-corrected chi connectivity index (χ4v) is 2.53. The number of imidazole rings is 1. The Morgan fingerprint density at radius 2 is 2.38 bits per heavy atom. The van der Waals surface area contributed by atoms with E-state index >= 15 is 0 Å². The van der Waals surface area contributed by atoms with Gasteiger partial charge < -0.3 is 10.7 Å². The van der Waals surface area contributed by atoms with Gasteiger partial charge in [0.15, 0.2) is 0 Å². The van der Waals surface area contributed by atoms with Gasteiger partial charge in [-0.15, -0.1) is 11.3 Å². The molecule has 4 heteroatoms. The molecule has 1 unspecified atom stereocenters. The number of hydrogen-bond donors (Lipinski definition) is 2. The van der Waals surface area contributed by atoms with E-state index in [2.05, 4.69) is 28.3 Å². The van der Waals surface area contributed by atoms with Crippen molar-refractivity contribution in [3.05, 3.63) is 29.0 Å². The highest BCUT2D eigenvalue weighted by Crippen LogP contribution is 2.27. The van der Waals surface area contributed by atoms with Crippen LogP contribution in [0.2, 0.25) is 0 Å². The summed E-state index contributed by atoms with van der Waals surface area (Å²) in [5.74, 6) is 0.905. The van der Waals surface area contributed by atoms with Crippen LogP contribution in [0.5, 0.6) is 0 Å².